The monoisotopic (exact) mass is 568 g/mol. The first-order valence-corrected chi connectivity index (χ1v) is 13.4. The Kier molecular flexibility index (Phi) is 6.68. The van der Waals surface area contributed by atoms with Gasteiger partial charge in [-0.25, -0.2) is 4.98 Å². The molecule has 3 aromatic rings. The van der Waals surface area contributed by atoms with Crippen LogP contribution in [0.5, 0.6) is 17.4 Å². The van der Waals surface area contributed by atoms with Gasteiger partial charge in [-0.3, -0.25) is 4.79 Å². The fourth-order valence-corrected chi connectivity index (χ4v) is 6.11. The number of aromatic nitrogens is 2. The highest BCUT2D eigenvalue weighted by molar-refractivity contribution is 6.00. The van der Waals surface area contributed by atoms with Gasteiger partial charge < -0.3 is 29.5 Å². The van der Waals surface area contributed by atoms with Crippen LogP contribution in [0.3, 0.4) is 0 Å². The normalized spacial score (nSPS) is 18.3. The summed E-state index contributed by atoms with van der Waals surface area (Å²) >= 11 is 0. The number of nitrogens with one attached hydrogen (secondary N) is 1. The molecule has 2 saturated heterocycles. The third kappa shape index (κ3) is 5.12. The van der Waals surface area contributed by atoms with E-state index in [-0.39, 0.29) is 23.2 Å². The number of alkyl halides is 3. The third-order valence-corrected chi connectivity index (χ3v) is 8.18. The molecule has 1 amide bonds. The number of nitrogens with zero attached hydrogens (tertiary/aromatic N) is 5. The van der Waals surface area contributed by atoms with Gasteiger partial charge >= 0.3 is 6.18 Å². The van der Waals surface area contributed by atoms with E-state index in [9.17, 15) is 18.0 Å². The van der Waals surface area contributed by atoms with Crippen molar-refractivity contribution in [1.82, 2.24) is 19.8 Å². The number of benzene rings is 2. The summed E-state index contributed by atoms with van der Waals surface area (Å²) in [5.74, 6) is -0.628. The number of piperidine rings is 1. The second-order valence-electron chi connectivity index (χ2n) is 11.1. The lowest BCUT2D eigenvalue weighted by Crippen LogP contribution is -2.58. The van der Waals surface area contributed by atoms with Crippen LogP contribution in [0.2, 0.25) is 0 Å². The molecule has 3 aliphatic rings. The van der Waals surface area contributed by atoms with Crippen molar-refractivity contribution >= 4 is 23.2 Å². The number of amides is 1. The summed E-state index contributed by atoms with van der Waals surface area (Å²) in [5.41, 5.74) is 1.68. The Hall–Kier alpha value is -4.06. The van der Waals surface area contributed by atoms with Crippen LogP contribution in [0.15, 0.2) is 42.6 Å². The number of fused-ring (bicyclic) bond motifs is 1. The zero-order valence-corrected chi connectivity index (χ0v) is 23.1. The first-order valence-electron chi connectivity index (χ1n) is 13.4. The highest BCUT2D eigenvalue weighted by Gasteiger charge is 2.43. The molecule has 1 N–H and O–H groups in total. The van der Waals surface area contributed by atoms with Crippen LogP contribution in [0.4, 0.5) is 30.5 Å². The van der Waals surface area contributed by atoms with Crippen molar-refractivity contribution in [3.63, 3.8) is 0 Å². The van der Waals surface area contributed by atoms with Crippen molar-refractivity contribution in [3.05, 3.63) is 59.3 Å². The molecule has 6 rings (SSSR count). The maximum atomic E-state index is 13.9. The fraction of sp³-hybridized carbons (Fsp3) is 0.414. The minimum absolute atomic E-state index is 0.00536. The van der Waals surface area contributed by atoms with Gasteiger partial charge in [0.2, 0.25) is 11.8 Å². The van der Waals surface area contributed by atoms with Crippen molar-refractivity contribution < 1.29 is 27.4 Å². The Labute approximate surface area is 235 Å². The van der Waals surface area contributed by atoms with Gasteiger partial charge in [-0.2, -0.15) is 18.2 Å². The van der Waals surface area contributed by atoms with E-state index in [1.165, 1.54) is 18.1 Å². The van der Waals surface area contributed by atoms with Gasteiger partial charge in [-0.05, 0) is 49.1 Å². The number of rotatable bonds is 6. The molecular formula is C29H31F3N6O3. The van der Waals surface area contributed by atoms with E-state index < -0.39 is 17.6 Å². The van der Waals surface area contributed by atoms with Gasteiger partial charge in [0, 0.05) is 57.7 Å². The second kappa shape index (κ2) is 10.1. The van der Waals surface area contributed by atoms with E-state index in [4.69, 9.17) is 9.47 Å². The Morgan fingerprint density at radius 2 is 1.80 bits per heavy atom. The molecule has 1 aromatic heterocycles. The van der Waals surface area contributed by atoms with Crippen molar-refractivity contribution in [2.45, 2.75) is 25.6 Å². The van der Waals surface area contributed by atoms with Crippen molar-refractivity contribution in [2.24, 2.45) is 5.41 Å². The number of ether oxygens (including phenoxy) is 2. The molecule has 41 heavy (non-hydrogen) atoms. The van der Waals surface area contributed by atoms with Crippen LogP contribution < -0.4 is 19.7 Å². The molecule has 12 heteroatoms. The number of hydrogen-bond donors (Lipinski definition) is 1. The topological polar surface area (TPSA) is 83.1 Å². The summed E-state index contributed by atoms with van der Waals surface area (Å²) in [6.45, 7) is 4.54. The first kappa shape index (κ1) is 27.1. The highest BCUT2D eigenvalue weighted by atomic mass is 19.4. The van der Waals surface area contributed by atoms with Gasteiger partial charge in [-0.15, -0.1) is 0 Å². The molecule has 1 spiro atoms. The number of carbonyl (C=O) groups excluding carboxylic acids is 1. The molecule has 0 aliphatic carbocycles. The van der Waals surface area contributed by atoms with E-state index in [1.54, 1.807) is 25.2 Å². The maximum Gasteiger partial charge on any atom is 0.423 e. The quantitative estimate of drug-likeness (QED) is 0.437. The number of halogens is 3. The number of carbonyl (C=O) groups is 1. The van der Waals surface area contributed by atoms with E-state index in [0.717, 1.165) is 44.7 Å². The smallest absolute Gasteiger partial charge is 0.423 e. The van der Waals surface area contributed by atoms with Crippen LogP contribution in [-0.2, 0) is 12.7 Å². The van der Waals surface area contributed by atoms with Crippen LogP contribution in [0.25, 0.3) is 0 Å². The van der Waals surface area contributed by atoms with Crippen molar-refractivity contribution in [1.29, 1.82) is 0 Å². The van der Waals surface area contributed by atoms with E-state index >= 15 is 0 Å². The zero-order chi connectivity index (χ0) is 28.9. The molecule has 0 radical (unpaired) electrons. The molecule has 216 valence electrons. The van der Waals surface area contributed by atoms with Gasteiger partial charge in [0.05, 0.1) is 18.4 Å². The Bertz CT molecular complexity index is 1480. The number of likely N-dealkylation sites (tertiary alicyclic amines) is 1. The minimum atomic E-state index is -4.77. The number of anilines is 3. The van der Waals surface area contributed by atoms with Crippen molar-refractivity contribution in [3.8, 4) is 17.4 Å². The Morgan fingerprint density at radius 1 is 1.05 bits per heavy atom. The minimum Gasteiger partial charge on any atom is -0.494 e. The standard InChI is InChI=1S/C29H31F3N6O3/c1-36-16-28(17-36)9-11-38(12-10-28)19-7-8-21(23(13-19)40-3)34-27-33-14-20(29(30,31)32)25(35-27)41-22-6-4-5-18-15-37(2)26(39)24(18)22/h4-8,13-14H,9-12,15-17H2,1-3H3,(H,33,34,35). The summed E-state index contributed by atoms with van der Waals surface area (Å²) in [4.78, 5) is 26.7. The summed E-state index contributed by atoms with van der Waals surface area (Å²) in [6.07, 6.45) is -1.83. The molecule has 0 bridgehead atoms. The van der Waals surface area contributed by atoms with Crippen LogP contribution >= 0.6 is 0 Å². The average molecular weight is 569 g/mol. The zero-order valence-electron chi connectivity index (χ0n) is 23.1. The molecule has 0 atom stereocenters. The molecule has 2 aromatic carbocycles. The summed E-state index contributed by atoms with van der Waals surface area (Å²) in [5, 5.41) is 2.97. The molecule has 4 heterocycles. The van der Waals surface area contributed by atoms with Crippen LogP contribution in [0, 0.1) is 5.41 Å². The predicted octanol–water partition coefficient (Wildman–Crippen LogP) is 5.16. The molecule has 3 aliphatic heterocycles. The van der Waals surface area contributed by atoms with E-state index in [2.05, 4.69) is 32.1 Å². The summed E-state index contributed by atoms with van der Waals surface area (Å²) in [6, 6.07) is 10.5. The summed E-state index contributed by atoms with van der Waals surface area (Å²) in [7, 11) is 5.30. The highest BCUT2D eigenvalue weighted by Crippen LogP contribution is 2.42. The summed E-state index contributed by atoms with van der Waals surface area (Å²) < 4.78 is 52.9. The van der Waals surface area contributed by atoms with Crippen molar-refractivity contribution in [2.75, 3.05) is 57.6 Å². The lowest BCUT2D eigenvalue weighted by atomic mass is 9.72. The number of hydrogen-bond acceptors (Lipinski definition) is 8. The first-order chi connectivity index (χ1) is 19.5. The average Bonchev–Trinajstić information content (AvgIpc) is 3.22. The molecule has 0 saturated carbocycles. The van der Waals surface area contributed by atoms with Gasteiger partial charge in [0.1, 0.15) is 17.1 Å². The van der Waals surface area contributed by atoms with Gasteiger partial charge in [-0.1, -0.05) is 12.1 Å². The fourth-order valence-electron chi connectivity index (χ4n) is 6.11. The third-order valence-electron chi connectivity index (χ3n) is 8.18. The van der Waals surface area contributed by atoms with Gasteiger partial charge in [0.25, 0.3) is 5.91 Å². The maximum absolute atomic E-state index is 13.9. The van der Waals surface area contributed by atoms with E-state index in [1.807, 2.05) is 12.1 Å². The molecule has 0 unspecified atom stereocenters. The van der Waals surface area contributed by atoms with Crippen LogP contribution in [0.1, 0.15) is 34.3 Å². The Balaban J connectivity index is 1.25. The van der Waals surface area contributed by atoms with E-state index in [0.29, 0.717) is 35.2 Å². The predicted molar refractivity (Wildman–Crippen MR) is 147 cm³/mol. The Morgan fingerprint density at radius 3 is 2.49 bits per heavy atom. The van der Waals surface area contributed by atoms with Gasteiger partial charge in [0.15, 0.2) is 0 Å². The lowest BCUT2D eigenvalue weighted by Gasteiger charge is -2.53. The number of methoxy groups -OCH3 is 1. The largest absolute Gasteiger partial charge is 0.494 e. The SMILES string of the molecule is COc1cc(N2CCC3(CC2)CN(C)C3)ccc1Nc1ncc(C(F)(F)F)c(Oc2cccc3c2C(=O)N(C)C3)n1. The molecule has 9 nitrogen and oxygen atoms in total. The van der Waals surface area contributed by atoms with Crippen LogP contribution in [-0.4, -0.2) is 73.1 Å². The molecular weight excluding hydrogens is 537 g/mol. The lowest BCUT2D eigenvalue weighted by molar-refractivity contribution is -0.139. The molecule has 2 fully saturated rings. The second-order valence-corrected chi connectivity index (χ2v) is 11.1.